The number of carbonyl (C=O) groups is 1. The fourth-order valence-electron chi connectivity index (χ4n) is 2.30. The lowest BCUT2D eigenvalue weighted by molar-refractivity contribution is 0.180. The van der Waals surface area contributed by atoms with Crippen LogP contribution < -0.4 is 5.73 Å². The molecule has 2 amide bonds. The Morgan fingerprint density at radius 3 is 3.15 bits per heavy atom. The van der Waals surface area contributed by atoms with Crippen molar-refractivity contribution in [3.8, 4) is 11.5 Å². The van der Waals surface area contributed by atoms with Crippen molar-refractivity contribution in [2.24, 2.45) is 5.73 Å². The Kier molecular flexibility index (Phi) is 3.28. The number of likely N-dealkylation sites (tertiary alicyclic amines) is 1. The minimum Gasteiger partial charge on any atom is -0.351 e. The standard InChI is InChI=1S/C12H14N6O2/c13-12(19)18-6-2-3-8(7-18)11-15-10(17-20-11)9-4-1-5-14-16-9/h1,4-5,8H,2-3,6-7H2,(H2,13,19)/t8-/m0/s1. The van der Waals surface area contributed by atoms with Crippen LogP contribution in [0.2, 0.25) is 0 Å². The smallest absolute Gasteiger partial charge is 0.314 e. The Bertz CT molecular complexity index is 599. The first-order chi connectivity index (χ1) is 9.74. The third-order valence-corrected chi connectivity index (χ3v) is 3.33. The van der Waals surface area contributed by atoms with Crippen LogP contribution in [-0.4, -0.2) is 44.4 Å². The molecule has 1 fully saturated rings. The lowest BCUT2D eigenvalue weighted by Gasteiger charge is -2.29. The molecule has 3 heterocycles. The summed E-state index contributed by atoms with van der Waals surface area (Å²) < 4.78 is 5.28. The van der Waals surface area contributed by atoms with Crippen LogP contribution in [0.3, 0.4) is 0 Å². The van der Waals surface area contributed by atoms with Gasteiger partial charge in [0.2, 0.25) is 11.7 Å². The quantitative estimate of drug-likeness (QED) is 0.866. The molecule has 1 aliphatic rings. The second kappa shape index (κ2) is 5.24. The maximum Gasteiger partial charge on any atom is 0.314 e. The molecule has 1 aliphatic heterocycles. The van der Waals surface area contributed by atoms with Gasteiger partial charge in [-0.2, -0.15) is 10.1 Å². The summed E-state index contributed by atoms with van der Waals surface area (Å²) in [4.78, 5) is 17.2. The monoisotopic (exact) mass is 274 g/mol. The second-order valence-corrected chi connectivity index (χ2v) is 4.69. The van der Waals surface area contributed by atoms with Crippen LogP contribution in [0.1, 0.15) is 24.7 Å². The van der Waals surface area contributed by atoms with Crippen molar-refractivity contribution in [1.82, 2.24) is 25.2 Å². The van der Waals surface area contributed by atoms with Gasteiger partial charge in [-0.25, -0.2) is 4.79 Å². The predicted octanol–water partition coefficient (Wildman–Crippen LogP) is 0.785. The van der Waals surface area contributed by atoms with E-state index in [-0.39, 0.29) is 5.92 Å². The van der Waals surface area contributed by atoms with E-state index in [0.717, 1.165) is 12.8 Å². The van der Waals surface area contributed by atoms with Crippen LogP contribution in [-0.2, 0) is 0 Å². The molecule has 0 bridgehead atoms. The van der Waals surface area contributed by atoms with E-state index in [1.165, 1.54) is 0 Å². The minimum absolute atomic E-state index is 0.0224. The number of urea groups is 1. The lowest BCUT2D eigenvalue weighted by Crippen LogP contribution is -2.42. The minimum atomic E-state index is -0.414. The van der Waals surface area contributed by atoms with Crippen molar-refractivity contribution in [2.75, 3.05) is 13.1 Å². The Morgan fingerprint density at radius 2 is 2.40 bits per heavy atom. The molecular weight excluding hydrogens is 260 g/mol. The van der Waals surface area contributed by atoms with Crippen LogP contribution in [0.5, 0.6) is 0 Å². The van der Waals surface area contributed by atoms with E-state index in [1.807, 2.05) is 0 Å². The third-order valence-electron chi connectivity index (χ3n) is 3.33. The van der Waals surface area contributed by atoms with E-state index in [9.17, 15) is 4.79 Å². The van der Waals surface area contributed by atoms with Gasteiger partial charge in [0.05, 0.1) is 5.92 Å². The van der Waals surface area contributed by atoms with E-state index >= 15 is 0 Å². The Hall–Kier alpha value is -2.51. The predicted molar refractivity (Wildman–Crippen MR) is 68.5 cm³/mol. The number of carbonyl (C=O) groups excluding carboxylic acids is 1. The summed E-state index contributed by atoms with van der Waals surface area (Å²) in [5, 5.41) is 11.6. The van der Waals surface area contributed by atoms with Crippen LogP contribution in [0.4, 0.5) is 4.79 Å². The van der Waals surface area contributed by atoms with Crippen molar-refractivity contribution in [3.05, 3.63) is 24.2 Å². The number of amides is 2. The largest absolute Gasteiger partial charge is 0.351 e. The zero-order chi connectivity index (χ0) is 13.9. The number of rotatable bonds is 2. The summed E-state index contributed by atoms with van der Waals surface area (Å²) >= 11 is 0. The van der Waals surface area contributed by atoms with Crippen LogP contribution in [0.15, 0.2) is 22.9 Å². The van der Waals surface area contributed by atoms with Crippen molar-refractivity contribution < 1.29 is 9.32 Å². The summed E-state index contributed by atoms with van der Waals surface area (Å²) in [6.45, 7) is 1.19. The number of hydrogen-bond acceptors (Lipinski definition) is 6. The average Bonchev–Trinajstić information content (AvgIpc) is 2.98. The Morgan fingerprint density at radius 1 is 1.50 bits per heavy atom. The summed E-state index contributed by atoms with van der Waals surface area (Å²) in [7, 11) is 0. The summed E-state index contributed by atoms with van der Waals surface area (Å²) in [5.41, 5.74) is 5.87. The SMILES string of the molecule is NC(=O)N1CCC[C@H](c2nc(-c3cccnn3)no2)C1. The molecule has 1 saturated heterocycles. The highest BCUT2D eigenvalue weighted by molar-refractivity contribution is 5.72. The molecule has 2 aromatic heterocycles. The highest BCUT2D eigenvalue weighted by Gasteiger charge is 2.27. The van der Waals surface area contributed by atoms with Gasteiger partial charge in [-0.05, 0) is 25.0 Å². The molecule has 0 unspecified atom stereocenters. The molecule has 2 N–H and O–H groups in total. The molecule has 8 nitrogen and oxygen atoms in total. The highest BCUT2D eigenvalue weighted by atomic mass is 16.5. The van der Waals surface area contributed by atoms with Gasteiger partial charge in [0.15, 0.2) is 0 Å². The molecule has 0 radical (unpaired) electrons. The van der Waals surface area contributed by atoms with E-state index in [4.69, 9.17) is 10.3 Å². The molecule has 0 spiro atoms. The van der Waals surface area contributed by atoms with E-state index < -0.39 is 6.03 Å². The summed E-state index contributed by atoms with van der Waals surface area (Å²) in [6.07, 6.45) is 3.35. The number of nitrogens with two attached hydrogens (primary N) is 1. The molecule has 1 atom stereocenters. The molecule has 0 aliphatic carbocycles. The van der Waals surface area contributed by atoms with Crippen LogP contribution in [0.25, 0.3) is 11.5 Å². The van der Waals surface area contributed by atoms with Gasteiger partial charge in [-0.1, -0.05) is 5.16 Å². The first-order valence-corrected chi connectivity index (χ1v) is 6.40. The first-order valence-electron chi connectivity index (χ1n) is 6.40. The maximum atomic E-state index is 11.2. The normalized spacial score (nSPS) is 19.0. The fraction of sp³-hybridized carbons (Fsp3) is 0.417. The zero-order valence-electron chi connectivity index (χ0n) is 10.8. The molecule has 3 rings (SSSR count). The number of hydrogen-bond donors (Lipinski definition) is 1. The van der Waals surface area contributed by atoms with Gasteiger partial charge in [0.1, 0.15) is 5.69 Å². The van der Waals surface area contributed by atoms with Crippen LogP contribution in [0, 0.1) is 0 Å². The summed E-state index contributed by atoms with van der Waals surface area (Å²) in [6, 6.07) is 3.11. The topological polar surface area (TPSA) is 111 Å². The number of piperidine rings is 1. The van der Waals surface area contributed by atoms with Gasteiger partial charge in [-0.15, -0.1) is 5.10 Å². The van der Waals surface area contributed by atoms with Gasteiger partial charge in [0.25, 0.3) is 0 Å². The average molecular weight is 274 g/mol. The van der Waals surface area contributed by atoms with E-state index in [2.05, 4.69) is 20.3 Å². The molecule has 0 aromatic carbocycles. The van der Waals surface area contributed by atoms with Crippen molar-refractivity contribution in [1.29, 1.82) is 0 Å². The number of primary amides is 1. The number of nitrogens with zero attached hydrogens (tertiary/aromatic N) is 5. The van der Waals surface area contributed by atoms with Gasteiger partial charge in [0, 0.05) is 19.3 Å². The highest BCUT2D eigenvalue weighted by Crippen LogP contribution is 2.26. The third kappa shape index (κ3) is 2.44. The second-order valence-electron chi connectivity index (χ2n) is 4.69. The van der Waals surface area contributed by atoms with Crippen molar-refractivity contribution >= 4 is 6.03 Å². The van der Waals surface area contributed by atoms with Crippen molar-refractivity contribution in [3.63, 3.8) is 0 Å². The van der Waals surface area contributed by atoms with Gasteiger partial charge >= 0.3 is 6.03 Å². The van der Waals surface area contributed by atoms with E-state index in [1.54, 1.807) is 23.2 Å². The van der Waals surface area contributed by atoms with Crippen LogP contribution >= 0.6 is 0 Å². The molecule has 104 valence electrons. The van der Waals surface area contributed by atoms with Gasteiger partial charge < -0.3 is 15.2 Å². The van der Waals surface area contributed by atoms with E-state index in [0.29, 0.717) is 30.5 Å². The molecule has 20 heavy (non-hydrogen) atoms. The van der Waals surface area contributed by atoms with Crippen molar-refractivity contribution in [2.45, 2.75) is 18.8 Å². The number of aromatic nitrogens is 4. The molecule has 0 saturated carbocycles. The Balaban J connectivity index is 1.78. The fourth-order valence-corrected chi connectivity index (χ4v) is 2.30. The molecular formula is C12H14N6O2. The maximum absolute atomic E-state index is 11.2. The molecule has 8 heteroatoms. The Labute approximate surface area is 115 Å². The molecule has 2 aromatic rings. The zero-order valence-corrected chi connectivity index (χ0v) is 10.8. The first kappa shape index (κ1) is 12.5. The summed E-state index contributed by atoms with van der Waals surface area (Å²) in [5.74, 6) is 0.940. The van der Waals surface area contributed by atoms with Gasteiger partial charge in [-0.3, -0.25) is 0 Å². The lowest BCUT2D eigenvalue weighted by atomic mass is 9.98.